The molecule has 3 rings (SSSR count). The van der Waals surface area contributed by atoms with E-state index in [1.165, 1.54) is 4.31 Å². The number of piperidine rings is 1. The van der Waals surface area contributed by atoms with E-state index in [1.807, 2.05) is 19.1 Å². The standard InChI is InChI=1S/C17H24N2O4S/c1-13-3-5-16(6-4-13)24(21,22)19-8-7-15-11-18(14(2)20)9-10-23-17(15)12-19/h3-6,15,17H,7-12H2,1-2H3/t15-,17-/m1/s1. The van der Waals surface area contributed by atoms with Crippen LogP contribution in [0.5, 0.6) is 0 Å². The second-order valence-electron chi connectivity index (χ2n) is 6.60. The molecule has 6 nitrogen and oxygen atoms in total. The summed E-state index contributed by atoms with van der Waals surface area (Å²) in [7, 11) is -3.50. The third kappa shape index (κ3) is 3.48. The molecule has 1 amide bonds. The molecule has 0 N–H and O–H groups in total. The minimum absolute atomic E-state index is 0.0500. The van der Waals surface area contributed by atoms with E-state index in [1.54, 1.807) is 24.0 Å². The lowest BCUT2D eigenvalue weighted by molar-refractivity contribution is -0.129. The van der Waals surface area contributed by atoms with Gasteiger partial charge in [-0.15, -0.1) is 0 Å². The number of ether oxygens (including phenoxy) is 1. The molecule has 2 atom stereocenters. The third-order valence-electron chi connectivity index (χ3n) is 4.91. The zero-order valence-corrected chi connectivity index (χ0v) is 15.0. The van der Waals surface area contributed by atoms with Crippen molar-refractivity contribution in [2.24, 2.45) is 5.92 Å². The molecule has 7 heteroatoms. The summed E-state index contributed by atoms with van der Waals surface area (Å²) in [6.07, 6.45) is 0.558. The van der Waals surface area contributed by atoms with Crippen LogP contribution < -0.4 is 0 Å². The smallest absolute Gasteiger partial charge is 0.243 e. The summed E-state index contributed by atoms with van der Waals surface area (Å²) in [6, 6.07) is 6.93. The van der Waals surface area contributed by atoms with Crippen molar-refractivity contribution in [2.75, 3.05) is 32.8 Å². The molecule has 0 aliphatic carbocycles. The number of hydrogen-bond acceptors (Lipinski definition) is 4. The first-order valence-electron chi connectivity index (χ1n) is 8.32. The van der Waals surface area contributed by atoms with Crippen molar-refractivity contribution < 1.29 is 17.9 Å². The van der Waals surface area contributed by atoms with Gasteiger partial charge in [-0.05, 0) is 25.5 Å². The van der Waals surface area contributed by atoms with Crippen molar-refractivity contribution in [2.45, 2.75) is 31.3 Å². The lowest BCUT2D eigenvalue weighted by atomic mass is 9.94. The van der Waals surface area contributed by atoms with Crippen LogP contribution in [0.15, 0.2) is 29.2 Å². The van der Waals surface area contributed by atoms with E-state index in [-0.39, 0.29) is 17.9 Å². The minimum atomic E-state index is -3.50. The lowest BCUT2D eigenvalue weighted by Crippen LogP contribution is -2.49. The number of carbonyl (C=O) groups is 1. The Labute approximate surface area is 143 Å². The molecule has 0 unspecified atom stereocenters. The zero-order valence-electron chi connectivity index (χ0n) is 14.1. The highest BCUT2D eigenvalue weighted by molar-refractivity contribution is 7.89. The van der Waals surface area contributed by atoms with E-state index in [0.717, 1.165) is 5.56 Å². The van der Waals surface area contributed by atoms with E-state index >= 15 is 0 Å². The molecule has 0 bridgehead atoms. The maximum Gasteiger partial charge on any atom is 0.243 e. The van der Waals surface area contributed by atoms with Gasteiger partial charge < -0.3 is 9.64 Å². The Hall–Kier alpha value is -1.44. The summed E-state index contributed by atoms with van der Waals surface area (Å²) < 4.78 is 33.1. The molecule has 0 aromatic heterocycles. The van der Waals surface area contributed by atoms with Crippen LogP contribution >= 0.6 is 0 Å². The van der Waals surface area contributed by atoms with E-state index in [0.29, 0.717) is 44.1 Å². The molecule has 2 aliphatic heterocycles. The predicted octanol–water partition coefficient (Wildman–Crippen LogP) is 1.25. The molecule has 24 heavy (non-hydrogen) atoms. The van der Waals surface area contributed by atoms with E-state index < -0.39 is 10.0 Å². The number of sulfonamides is 1. The van der Waals surface area contributed by atoms with Crippen molar-refractivity contribution >= 4 is 15.9 Å². The van der Waals surface area contributed by atoms with Crippen molar-refractivity contribution in [3.05, 3.63) is 29.8 Å². The van der Waals surface area contributed by atoms with E-state index in [4.69, 9.17) is 4.74 Å². The Bertz CT molecular complexity index is 702. The molecular weight excluding hydrogens is 328 g/mol. The maximum atomic E-state index is 12.8. The molecule has 0 radical (unpaired) electrons. The van der Waals surface area contributed by atoms with Crippen molar-refractivity contribution in [3.8, 4) is 0 Å². The first-order valence-corrected chi connectivity index (χ1v) is 9.76. The third-order valence-corrected chi connectivity index (χ3v) is 6.79. The number of nitrogens with zero attached hydrogens (tertiary/aromatic N) is 2. The van der Waals surface area contributed by atoms with Crippen molar-refractivity contribution in [3.63, 3.8) is 0 Å². The summed E-state index contributed by atoms with van der Waals surface area (Å²) in [5.41, 5.74) is 1.03. The Morgan fingerprint density at radius 1 is 1.17 bits per heavy atom. The molecule has 1 aromatic rings. The number of aryl methyl sites for hydroxylation is 1. The fraction of sp³-hybridized carbons (Fsp3) is 0.588. The van der Waals surface area contributed by atoms with Gasteiger partial charge in [0.2, 0.25) is 15.9 Å². The Balaban J connectivity index is 1.75. The summed E-state index contributed by atoms with van der Waals surface area (Å²) >= 11 is 0. The van der Waals surface area contributed by atoms with E-state index in [9.17, 15) is 13.2 Å². The molecule has 1 aromatic carbocycles. The molecule has 2 aliphatic rings. The van der Waals surface area contributed by atoms with Gasteiger partial charge in [-0.2, -0.15) is 4.31 Å². The Kier molecular flexibility index (Phi) is 4.94. The topological polar surface area (TPSA) is 66.9 Å². The second kappa shape index (κ2) is 6.82. The summed E-state index contributed by atoms with van der Waals surface area (Å²) in [5, 5.41) is 0. The molecule has 2 saturated heterocycles. The van der Waals surface area contributed by atoms with Gasteiger partial charge in [0.25, 0.3) is 0 Å². The Morgan fingerprint density at radius 3 is 2.54 bits per heavy atom. The molecule has 2 heterocycles. The van der Waals surface area contributed by atoms with Crippen LogP contribution in [0.4, 0.5) is 0 Å². The van der Waals surface area contributed by atoms with Crippen LogP contribution in [0.2, 0.25) is 0 Å². The number of fused-ring (bicyclic) bond motifs is 1. The average Bonchev–Trinajstić information content (AvgIpc) is 2.77. The fourth-order valence-electron chi connectivity index (χ4n) is 3.39. The normalized spacial score (nSPS) is 25.8. The number of carbonyl (C=O) groups excluding carboxylic acids is 1. The lowest BCUT2D eigenvalue weighted by Gasteiger charge is -2.37. The molecule has 0 saturated carbocycles. The molecule has 0 spiro atoms. The van der Waals surface area contributed by atoms with Crippen LogP contribution in [0.3, 0.4) is 0 Å². The van der Waals surface area contributed by atoms with E-state index in [2.05, 4.69) is 0 Å². The van der Waals surface area contributed by atoms with Gasteiger partial charge in [0.05, 0.1) is 17.6 Å². The first-order chi connectivity index (χ1) is 11.4. The SMILES string of the molecule is CC(=O)N1CCO[C@@H]2CN(S(=O)(=O)c3ccc(C)cc3)CC[C@@H]2C1. The van der Waals surface area contributed by atoms with Crippen LogP contribution in [0.1, 0.15) is 18.9 Å². The summed E-state index contributed by atoms with van der Waals surface area (Å²) in [4.78, 5) is 13.8. The first kappa shape index (κ1) is 17.4. The van der Waals surface area contributed by atoms with Crippen LogP contribution in [-0.4, -0.2) is 62.4 Å². The summed E-state index contributed by atoms with van der Waals surface area (Å²) in [5.74, 6) is 0.245. The highest BCUT2D eigenvalue weighted by atomic mass is 32.2. The quantitative estimate of drug-likeness (QED) is 0.803. The molecular formula is C17H24N2O4S. The fourth-order valence-corrected chi connectivity index (χ4v) is 4.85. The number of rotatable bonds is 2. The largest absolute Gasteiger partial charge is 0.375 e. The van der Waals surface area contributed by atoms with Gasteiger partial charge >= 0.3 is 0 Å². The number of amides is 1. The van der Waals surface area contributed by atoms with Gasteiger partial charge in [-0.1, -0.05) is 17.7 Å². The molecule has 2 fully saturated rings. The van der Waals surface area contributed by atoms with Gasteiger partial charge in [0, 0.05) is 39.0 Å². The van der Waals surface area contributed by atoms with Gasteiger partial charge in [-0.3, -0.25) is 4.79 Å². The van der Waals surface area contributed by atoms with Crippen LogP contribution in [0.25, 0.3) is 0 Å². The van der Waals surface area contributed by atoms with Crippen molar-refractivity contribution in [1.82, 2.24) is 9.21 Å². The van der Waals surface area contributed by atoms with Gasteiger partial charge in [-0.25, -0.2) is 8.42 Å². The number of benzene rings is 1. The second-order valence-corrected chi connectivity index (χ2v) is 8.54. The maximum absolute atomic E-state index is 12.8. The van der Waals surface area contributed by atoms with Crippen LogP contribution in [0, 0.1) is 12.8 Å². The minimum Gasteiger partial charge on any atom is -0.375 e. The highest BCUT2D eigenvalue weighted by Crippen LogP contribution is 2.28. The Morgan fingerprint density at radius 2 is 1.88 bits per heavy atom. The van der Waals surface area contributed by atoms with Crippen LogP contribution in [-0.2, 0) is 19.6 Å². The average molecular weight is 352 g/mol. The van der Waals surface area contributed by atoms with Crippen molar-refractivity contribution in [1.29, 1.82) is 0 Å². The zero-order chi connectivity index (χ0) is 17.3. The van der Waals surface area contributed by atoms with Gasteiger partial charge in [0.1, 0.15) is 0 Å². The van der Waals surface area contributed by atoms with Gasteiger partial charge in [0.15, 0.2) is 0 Å². The highest BCUT2D eigenvalue weighted by Gasteiger charge is 2.38. The molecule has 132 valence electrons. The summed E-state index contributed by atoms with van der Waals surface area (Å²) in [6.45, 7) is 6.00. The predicted molar refractivity (Wildman–Crippen MR) is 90.0 cm³/mol. The monoisotopic (exact) mass is 352 g/mol. The number of hydrogen-bond donors (Lipinski definition) is 0.